The average molecular weight is 335 g/mol. The molecule has 0 bridgehead atoms. The summed E-state index contributed by atoms with van der Waals surface area (Å²) in [6, 6.07) is 17.4. The number of aliphatic hydroxyl groups excluding tert-OH is 1. The minimum Gasteiger partial charge on any atom is -0.394 e. The van der Waals surface area contributed by atoms with Gasteiger partial charge in [-0.1, -0.05) is 68.3 Å². The van der Waals surface area contributed by atoms with Gasteiger partial charge in [0.25, 0.3) is 0 Å². The van der Waals surface area contributed by atoms with Gasteiger partial charge in [-0.05, 0) is 19.4 Å². The fourth-order valence-electron chi connectivity index (χ4n) is 3.62. The molecule has 1 atom stereocenters. The fourth-order valence-corrected chi connectivity index (χ4v) is 3.62. The van der Waals surface area contributed by atoms with Crippen molar-refractivity contribution in [2.24, 2.45) is 0 Å². The van der Waals surface area contributed by atoms with Gasteiger partial charge in [0.2, 0.25) is 0 Å². The van der Waals surface area contributed by atoms with Crippen molar-refractivity contribution in [1.29, 1.82) is 0 Å². The number of hydrogen-bond acceptors (Lipinski definition) is 2. The summed E-state index contributed by atoms with van der Waals surface area (Å²) < 4.78 is 2.15. The van der Waals surface area contributed by atoms with Gasteiger partial charge in [0.15, 0.2) is 5.78 Å². The van der Waals surface area contributed by atoms with E-state index in [-0.39, 0.29) is 18.4 Å². The molecular formula is C22H25NO2. The quantitative estimate of drug-likeness (QED) is 0.624. The fraction of sp³-hybridized carbons (Fsp3) is 0.318. The lowest BCUT2D eigenvalue weighted by Crippen LogP contribution is -2.15. The van der Waals surface area contributed by atoms with E-state index in [4.69, 9.17) is 0 Å². The molecule has 3 aromatic rings. The molecule has 25 heavy (non-hydrogen) atoms. The second-order valence-electron chi connectivity index (χ2n) is 6.52. The van der Waals surface area contributed by atoms with Crippen molar-refractivity contribution in [3.63, 3.8) is 0 Å². The van der Waals surface area contributed by atoms with Crippen LogP contribution in [0, 0.1) is 6.92 Å². The molecule has 3 nitrogen and oxygen atoms in total. The van der Waals surface area contributed by atoms with Crippen LogP contribution >= 0.6 is 0 Å². The van der Waals surface area contributed by atoms with Gasteiger partial charge in [-0.3, -0.25) is 4.79 Å². The summed E-state index contributed by atoms with van der Waals surface area (Å²) in [5, 5.41) is 10.9. The van der Waals surface area contributed by atoms with Crippen LogP contribution in [-0.2, 0) is 0 Å². The number of carbonyl (C=O) groups excluding carboxylic acids is 1. The Balaban J connectivity index is 2.17. The van der Waals surface area contributed by atoms with E-state index in [9.17, 15) is 9.90 Å². The molecule has 0 aliphatic rings. The topological polar surface area (TPSA) is 42.2 Å². The van der Waals surface area contributed by atoms with Crippen molar-refractivity contribution in [1.82, 2.24) is 4.57 Å². The van der Waals surface area contributed by atoms with Gasteiger partial charge in [-0.15, -0.1) is 0 Å². The van der Waals surface area contributed by atoms with Gasteiger partial charge in [0, 0.05) is 22.2 Å². The number of ketones is 1. The SMILES string of the molecule is CCCCC(CO)n1c(C)c(C(=O)c2ccccc2)c2ccccc21. The molecule has 3 heteroatoms. The summed E-state index contributed by atoms with van der Waals surface area (Å²) in [5.74, 6) is 0.0419. The summed E-state index contributed by atoms with van der Waals surface area (Å²) in [6.07, 6.45) is 3.05. The van der Waals surface area contributed by atoms with E-state index in [1.807, 2.05) is 61.5 Å². The predicted octanol–water partition coefficient (Wildman–Crippen LogP) is 4.90. The number of para-hydroxylation sites is 1. The van der Waals surface area contributed by atoms with E-state index in [1.165, 1.54) is 0 Å². The molecule has 0 saturated heterocycles. The molecule has 1 unspecified atom stereocenters. The maximum absolute atomic E-state index is 13.1. The van der Waals surface area contributed by atoms with Crippen molar-refractivity contribution in [3.05, 3.63) is 71.4 Å². The van der Waals surface area contributed by atoms with Gasteiger partial charge in [-0.2, -0.15) is 0 Å². The lowest BCUT2D eigenvalue weighted by atomic mass is 10.0. The molecule has 1 aromatic heterocycles. The highest BCUT2D eigenvalue weighted by molar-refractivity contribution is 6.17. The summed E-state index contributed by atoms with van der Waals surface area (Å²) in [4.78, 5) is 13.1. The number of nitrogens with zero attached hydrogens (tertiary/aromatic N) is 1. The molecule has 1 N–H and O–H groups in total. The van der Waals surface area contributed by atoms with E-state index in [0.29, 0.717) is 5.56 Å². The van der Waals surface area contributed by atoms with Crippen molar-refractivity contribution in [2.75, 3.05) is 6.61 Å². The van der Waals surface area contributed by atoms with Crippen LogP contribution in [-0.4, -0.2) is 22.1 Å². The smallest absolute Gasteiger partial charge is 0.195 e. The minimum absolute atomic E-state index is 0.00201. The van der Waals surface area contributed by atoms with Gasteiger partial charge < -0.3 is 9.67 Å². The first-order valence-electron chi connectivity index (χ1n) is 8.99. The second-order valence-corrected chi connectivity index (χ2v) is 6.52. The number of fused-ring (bicyclic) bond motifs is 1. The molecule has 0 amide bonds. The van der Waals surface area contributed by atoms with Gasteiger partial charge >= 0.3 is 0 Å². The van der Waals surface area contributed by atoms with E-state index in [2.05, 4.69) is 11.5 Å². The van der Waals surface area contributed by atoms with Crippen LogP contribution < -0.4 is 0 Å². The normalized spacial score (nSPS) is 12.4. The van der Waals surface area contributed by atoms with Crippen LogP contribution in [0.15, 0.2) is 54.6 Å². The van der Waals surface area contributed by atoms with E-state index in [0.717, 1.165) is 41.4 Å². The Hall–Kier alpha value is -2.39. The maximum atomic E-state index is 13.1. The average Bonchev–Trinajstić information content (AvgIpc) is 2.95. The molecule has 1 heterocycles. The number of aromatic nitrogens is 1. The van der Waals surface area contributed by atoms with Crippen molar-refractivity contribution in [2.45, 2.75) is 39.2 Å². The molecule has 0 spiro atoms. The molecule has 0 aliphatic carbocycles. The molecular weight excluding hydrogens is 310 g/mol. The monoisotopic (exact) mass is 335 g/mol. The lowest BCUT2D eigenvalue weighted by molar-refractivity contribution is 0.103. The number of hydrogen-bond donors (Lipinski definition) is 1. The summed E-state index contributed by atoms with van der Waals surface area (Å²) in [6.45, 7) is 4.22. The van der Waals surface area contributed by atoms with Crippen molar-refractivity contribution < 1.29 is 9.90 Å². The van der Waals surface area contributed by atoms with Crippen molar-refractivity contribution in [3.8, 4) is 0 Å². The van der Waals surface area contributed by atoms with Crippen LogP contribution in [0.1, 0.15) is 53.8 Å². The first-order chi connectivity index (χ1) is 12.2. The van der Waals surface area contributed by atoms with Crippen LogP contribution in [0.3, 0.4) is 0 Å². The summed E-state index contributed by atoms with van der Waals surface area (Å²) in [5.41, 5.74) is 3.40. The largest absolute Gasteiger partial charge is 0.394 e. The third kappa shape index (κ3) is 3.24. The predicted molar refractivity (Wildman–Crippen MR) is 102 cm³/mol. The van der Waals surface area contributed by atoms with Gasteiger partial charge in [0.05, 0.1) is 18.2 Å². The summed E-state index contributed by atoms with van der Waals surface area (Å²) >= 11 is 0. The van der Waals surface area contributed by atoms with Crippen LogP contribution in [0.2, 0.25) is 0 Å². The Labute approximate surface area is 148 Å². The standard InChI is InChI=1S/C22H25NO2/c1-3-4-12-18(15-24)23-16(2)21(19-13-8-9-14-20(19)23)22(25)17-10-6-5-7-11-17/h5-11,13-14,18,24H,3-4,12,15H2,1-2H3. The Morgan fingerprint density at radius 2 is 1.76 bits per heavy atom. The van der Waals surface area contributed by atoms with E-state index in [1.54, 1.807) is 0 Å². The molecule has 130 valence electrons. The highest BCUT2D eigenvalue weighted by Gasteiger charge is 2.24. The lowest BCUT2D eigenvalue weighted by Gasteiger charge is -2.20. The van der Waals surface area contributed by atoms with E-state index < -0.39 is 0 Å². The minimum atomic E-state index is 0.00201. The number of rotatable bonds is 7. The number of aliphatic hydroxyl groups is 1. The third-order valence-electron chi connectivity index (χ3n) is 4.89. The summed E-state index contributed by atoms with van der Waals surface area (Å²) in [7, 11) is 0. The molecule has 0 saturated carbocycles. The van der Waals surface area contributed by atoms with E-state index >= 15 is 0 Å². The molecule has 2 aromatic carbocycles. The molecule has 0 radical (unpaired) electrons. The van der Waals surface area contributed by atoms with Crippen LogP contribution in [0.5, 0.6) is 0 Å². The van der Waals surface area contributed by atoms with Gasteiger partial charge in [0.1, 0.15) is 0 Å². The molecule has 0 fully saturated rings. The highest BCUT2D eigenvalue weighted by atomic mass is 16.3. The highest BCUT2D eigenvalue weighted by Crippen LogP contribution is 2.32. The maximum Gasteiger partial charge on any atom is 0.195 e. The zero-order valence-corrected chi connectivity index (χ0v) is 14.9. The second kappa shape index (κ2) is 7.66. The van der Waals surface area contributed by atoms with Gasteiger partial charge in [-0.25, -0.2) is 0 Å². The van der Waals surface area contributed by atoms with Crippen LogP contribution in [0.25, 0.3) is 10.9 Å². The Kier molecular flexibility index (Phi) is 5.34. The Morgan fingerprint density at radius 3 is 2.44 bits per heavy atom. The number of carbonyl (C=O) groups is 1. The zero-order valence-electron chi connectivity index (χ0n) is 14.9. The van der Waals surface area contributed by atoms with Crippen LogP contribution in [0.4, 0.5) is 0 Å². The Bertz CT molecular complexity index is 864. The molecule has 3 rings (SSSR count). The first-order valence-corrected chi connectivity index (χ1v) is 8.99. The first kappa shape index (κ1) is 17.4. The Morgan fingerprint density at radius 1 is 1.08 bits per heavy atom. The molecule has 0 aliphatic heterocycles. The third-order valence-corrected chi connectivity index (χ3v) is 4.89. The zero-order chi connectivity index (χ0) is 17.8. The number of benzene rings is 2. The van der Waals surface area contributed by atoms with Crippen molar-refractivity contribution >= 4 is 16.7 Å². The number of unbranched alkanes of at least 4 members (excludes halogenated alkanes) is 1.